The van der Waals surface area contributed by atoms with Gasteiger partial charge in [-0.2, -0.15) is 0 Å². The molecule has 1 amide bonds. The van der Waals surface area contributed by atoms with Crippen molar-refractivity contribution in [3.63, 3.8) is 0 Å². The largest absolute Gasteiger partial charge is 0.336 e. The Morgan fingerprint density at radius 2 is 2.21 bits per heavy atom. The number of piperidine rings is 1. The molecule has 1 aromatic rings. The zero-order chi connectivity index (χ0) is 13.2. The average Bonchev–Trinajstić information content (AvgIpc) is 2.46. The van der Waals surface area contributed by atoms with Crippen molar-refractivity contribution in [2.75, 3.05) is 26.2 Å². The fraction of sp³-hybridized carbons (Fsp3) is 0.571. The third kappa shape index (κ3) is 2.67. The van der Waals surface area contributed by atoms with Crippen LogP contribution in [0.4, 0.5) is 0 Å². The maximum Gasteiger partial charge on any atom is 0.256 e. The first-order chi connectivity index (χ1) is 9.25. The van der Waals surface area contributed by atoms with Gasteiger partial charge in [0, 0.05) is 31.9 Å². The molecule has 4 nitrogen and oxygen atoms in total. The Hall–Kier alpha value is -0.940. The van der Waals surface area contributed by atoms with Crippen LogP contribution in [0.3, 0.4) is 0 Å². The Labute approximate surface area is 121 Å². The highest BCUT2D eigenvalue weighted by molar-refractivity contribution is 9.10. The number of rotatable bonds is 1. The second kappa shape index (κ2) is 5.59. The molecule has 1 unspecified atom stereocenters. The molecule has 2 saturated heterocycles. The second-order valence-corrected chi connectivity index (χ2v) is 6.03. The van der Waals surface area contributed by atoms with Gasteiger partial charge in [-0.15, -0.1) is 0 Å². The van der Waals surface area contributed by atoms with Crippen LogP contribution in [0.5, 0.6) is 0 Å². The predicted molar refractivity (Wildman–Crippen MR) is 77.1 cm³/mol. The van der Waals surface area contributed by atoms with Gasteiger partial charge < -0.3 is 4.90 Å². The van der Waals surface area contributed by atoms with Crippen LogP contribution in [0.25, 0.3) is 0 Å². The minimum Gasteiger partial charge on any atom is -0.336 e. The fourth-order valence-corrected chi connectivity index (χ4v) is 3.48. The molecule has 0 bridgehead atoms. The van der Waals surface area contributed by atoms with E-state index in [2.05, 4.69) is 25.8 Å². The van der Waals surface area contributed by atoms with Crippen molar-refractivity contribution in [1.29, 1.82) is 0 Å². The number of hydrogen-bond donors (Lipinski definition) is 0. The first-order valence-electron chi connectivity index (χ1n) is 6.89. The third-order valence-electron chi connectivity index (χ3n) is 4.11. The number of piperazine rings is 1. The van der Waals surface area contributed by atoms with Gasteiger partial charge >= 0.3 is 0 Å². The molecule has 1 aromatic heterocycles. The van der Waals surface area contributed by atoms with Crippen molar-refractivity contribution in [1.82, 2.24) is 14.8 Å². The van der Waals surface area contributed by atoms with Crippen molar-refractivity contribution in [3.8, 4) is 0 Å². The number of hydrogen-bond acceptors (Lipinski definition) is 3. The van der Waals surface area contributed by atoms with Gasteiger partial charge in [-0.05, 0) is 47.4 Å². The summed E-state index contributed by atoms with van der Waals surface area (Å²) in [6.07, 6.45) is 5.51. The minimum absolute atomic E-state index is 0.102. The van der Waals surface area contributed by atoms with Gasteiger partial charge in [-0.3, -0.25) is 9.69 Å². The lowest BCUT2D eigenvalue weighted by atomic mass is 9.99. The molecule has 3 rings (SSSR count). The molecule has 2 aliphatic rings. The Balaban J connectivity index is 1.73. The molecule has 0 N–H and O–H groups in total. The first kappa shape index (κ1) is 13.1. The van der Waals surface area contributed by atoms with E-state index in [-0.39, 0.29) is 5.91 Å². The van der Waals surface area contributed by atoms with Crippen molar-refractivity contribution in [2.24, 2.45) is 0 Å². The molecule has 0 aromatic carbocycles. The van der Waals surface area contributed by atoms with E-state index in [4.69, 9.17) is 0 Å². The van der Waals surface area contributed by atoms with Crippen LogP contribution in [-0.2, 0) is 0 Å². The lowest BCUT2D eigenvalue weighted by Crippen LogP contribution is -2.56. The number of carbonyl (C=O) groups is 1. The summed E-state index contributed by atoms with van der Waals surface area (Å²) in [6.45, 7) is 3.90. The Bertz CT molecular complexity index is 480. The van der Waals surface area contributed by atoms with Crippen molar-refractivity contribution < 1.29 is 4.79 Å². The van der Waals surface area contributed by atoms with Gasteiger partial charge in [0.2, 0.25) is 0 Å². The molecule has 0 radical (unpaired) electrons. The Morgan fingerprint density at radius 3 is 3.05 bits per heavy atom. The second-order valence-electron chi connectivity index (χ2n) is 5.28. The van der Waals surface area contributed by atoms with E-state index in [9.17, 15) is 4.79 Å². The number of amides is 1. The van der Waals surface area contributed by atoms with Crippen LogP contribution >= 0.6 is 15.9 Å². The van der Waals surface area contributed by atoms with Gasteiger partial charge in [0.15, 0.2) is 0 Å². The number of carbonyl (C=O) groups excluding carboxylic acids is 1. The summed E-state index contributed by atoms with van der Waals surface area (Å²) in [5, 5.41) is 0. The number of fused-ring (bicyclic) bond motifs is 1. The van der Waals surface area contributed by atoms with Crippen LogP contribution in [0.1, 0.15) is 29.6 Å². The highest BCUT2D eigenvalue weighted by Gasteiger charge is 2.31. The molecule has 3 heterocycles. The summed E-state index contributed by atoms with van der Waals surface area (Å²) < 4.78 is 0.645. The molecule has 2 aliphatic heterocycles. The van der Waals surface area contributed by atoms with E-state index in [1.165, 1.54) is 25.8 Å². The predicted octanol–water partition coefficient (Wildman–Crippen LogP) is 2.15. The van der Waals surface area contributed by atoms with E-state index in [0.29, 0.717) is 16.2 Å². The molecular weight excluding hydrogens is 306 g/mol. The average molecular weight is 324 g/mol. The van der Waals surface area contributed by atoms with E-state index < -0.39 is 0 Å². The summed E-state index contributed by atoms with van der Waals surface area (Å²) in [4.78, 5) is 21.2. The fourth-order valence-electron chi connectivity index (χ4n) is 3.06. The summed E-state index contributed by atoms with van der Waals surface area (Å²) >= 11 is 3.36. The van der Waals surface area contributed by atoms with E-state index in [1.54, 1.807) is 6.20 Å². The van der Waals surface area contributed by atoms with Crippen molar-refractivity contribution in [3.05, 3.63) is 28.5 Å². The third-order valence-corrected chi connectivity index (χ3v) is 4.75. The Kier molecular flexibility index (Phi) is 3.84. The standard InChI is InChI=1S/C14H18BrN3O/c15-13-12(5-3-6-16-13)14(19)18-9-8-17-7-2-1-4-11(17)10-18/h3,5-6,11H,1-2,4,7-10H2. The molecule has 19 heavy (non-hydrogen) atoms. The molecule has 0 spiro atoms. The number of pyridine rings is 1. The highest BCUT2D eigenvalue weighted by atomic mass is 79.9. The van der Waals surface area contributed by atoms with Crippen LogP contribution in [0.15, 0.2) is 22.9 Å². The molecule has 5 heteroatoms. The number of nitrogens with zero attached hydrogens (tertiary/aromatic N) is 3. The quantitative estimate of drug-likeness (QED) is 0.743. The monoisotopic (exact) mass is 323 g/mol. The molecular formula is C14H18BrN3O. The topological polar surface area (TPSA) is 36.4 Å². The zero-order valence-electron chi connectivity index (χ0n) is 10.9. The summed E-state index contributed by atoms with van der Waals surface area (Å²) in [5.74, 6) is 0.102. The molecule has 1 atom stereocenters. The van der Waals surface area contributed by atoms with Gasteiger partial charge in [0.1, 0.15) is 4.60 Å². The van der Waals surface area contributed by atoms with Crippen LogP contribution in [-0.4, -0.2) is 52.9 Å². The lowest BCUT2D eigenvalue weighted by molar-refractivity contribution is 0.0371. The van der Waals surface area contributed by atoms with E-state index in [1.807, 2.05) is 17.0 Å². The molecule has 102 valence electrons. The normalized spacial score (nSPS) is 24.1. The van der Waals surface area contributed by atoms with Crippen molar-refractivity contribution >= 4 is 21.8 Å². The summed E-state index contributed by atoms with van der Waals surface area (Å²) in [7, 11) is 0. The van der Waals surface area contributed by atoms with Crippen LogP contribution in [0, 0.1) is 0 Å². The molecule has 2 fully saturated rings. The maximum absolute atomic E-state index is 12.5. The van der Waals surface area contributed by atoms with Gasteiger partial charge in [-0.1, -0.05) is 6.42 Å². The number of aromatic nitrogens is 1. The summed E-state index contributed by atoms with van der Waals surface area (Å²) in [5.41, 5.74) is 0.673. The van der Waals surface area contributed by atoms with E-state index in [0.717, 1.165) is 19.6 Å². The Morgan fingerprint density at radius 1 is 1.32 bits per heavy atom. The SMILES string of the molecule is O=C(c1cccnc1Br)N1CCN2CCCCC2C1. The molecule has 0 saturated carbocycles. The van der Waals surface area contributed by atoms with E-state index >= 15 is 0 Å². The van der Waals surface area contributed by atoms with Gasteiger partial charge in [0.25, 0.3) is 5.91 Å². The first-order valence-corrected chi connectivity index (χ1v) is 7.69. The molecule has 0 aliphatic carbocycles. The van der Waals surface area contributed by atoms with Gasteiger partial charge in [-0.25, -0.2) is 4.98 Å². The van der Waals surface area contributed by atoms with Crippen LogP contribution in [0.2, 0.25) is 0 Å². The lowest BCUT2D eigenvalue weighted by Gasteiger charge is -2.44. The van der Waals surface area contributed by atoms with Crippen LogP contribution < -0.4 is 0 Å². The maximum atomic E-state index is 12.5. The zero-order valence-corrected chi connectivity index (χ0v) is 12.5. The summed E-state index contributed by atoms with van der Waals surface area (Å²) in [6, 6.07) is 4.21. The highest BCUT2D eigenvalue weighted by Crippen LogP contribution is 2.23. The van der Waals surface area contributed by atoms with Gasteiger partial charge in [0.05, 0.1) is 5.56 Å². The van der Waals surface area contributed by atoms with Crippen molar-refractivity contribution in [2.45, 2.75) is 25.3 Å². The smallest absolute Gasteiger partial charge is 0.256 e. The minimum atomic E-state index is 0.102. The number of halogens is 1.